The molecule has 1 atom stereocenters. The molecule has 5 heteroatoms. The van der Waals surface area contributed by atoms with Gasteiger partial charge < -0.3 is 11.1 Å². The molecule has 0 amide bonds. The van der Waals surface area contributed by atoms with Crippen molar-refractivity contribution < 1.29 is 13.2 Å². The quantitative estimate of drug-likeness (QED) is 0.543. The van der Waals surface area contributed by atoms with Crippen molar-refractivity contribution in [2.75, 3.05) is 11.1 Å². The monoisotopic (exact) mass is 288 g/mol. The highest BCUT2D eigenvalue weighted by molar-refractivity contribution is 5.67. The molecule has 0 saturated carbocycles. The van der Waals surface area contributed by atoms with Gasteiger partial charge in [-0.05, 0) is 31.5 Å². The summed E-state index contributed by atoms with van der Waals surface area (Å²) >= 11 is 0. The van der Waals surface area contributed by atoms with Crippen LogP contribution in [0.5, 0.6) is 0 Å². The summed E-state index contributed by atoms with van der Waals surface area (Å²) in [7, 11) is 0. The van der Waals surface area contributed by atoms with E-state index in [1.54, 1.807) is 0 Å². The van der Waals surface area contributed by atoms with Crippen molar-refractivity contribution in [3.63, 3.8) is 0 Å². The molecule has 0 fully saturated rings. The van der Waals surface area contributed by atoms with Crippen molar-refractivity contribution in [1.29, 1.82) is 0 Å². The molecule has 0 aliphatic carbocycles. The van der Waals surface area contributed by atoms with Crippen LogP contribution < -0.4 is 11.1 Å². The van der Waals surface area contributed by atoms with Gasteiger partial charge in [-0.3, -0.25) is 0 Å². The number of nitrogens with two attached hydrogens (primary N) is 1. The number of hydrogen-bond donors (Lipinski definition) is 2. The predicted molar refractivity (Wildman–Crippen MR) is 77.7 cm³/mol. The van der Waals surface area contributed by atoms with Crippen LogP contribution in [0.4, 0.5) is 24.5 Å². The first-order chi connectivity index (χ1) is 9.34. The van der Waals surface area contributed by atoms with Gasteiger partial charge in [0.25, 0.3) is 0 Å². The molecule has 0 aliphatic heterocycles. The molecular formula is C15H23F3N2. The lowest BCUT2D eigenvalue weighted by atomic mass is 10.1. The zero-order chi connectivity index (χ0) is 15.2. The molecule has 114 valence electrons. The molecule has 0 heterocycles. The van der Waals surface area contributed by atoms with Crippen LogP contribution in [-0.4, -0.2) is 6.04 Å². The fourth-order valence-corrected chi connectivity index (χ4v) is 2.09. The number of alkyl halides is 3. The molecule has 1 rings (SSSR count). The van der Waals surface area contributed by atoms with Crippen LogP contribution in [0.25, 0.3) is 0 Å². The Bertz CT molecular complexity index is 416. The first-order valence-electron chi connectivity index (χ1n) is 7.08. The van der Waals surface area contributed by atoms with E-state index < -0.39 is 11.7 Å². The molecule has 1 unspecified atom stereocenters. The second-order valence-corrected chi connectivity index (χ2v) is 5.19. The molecule has 0 bridgehead atoms. The number of rotatable bonds is 7. The lowest BCUT2D eigenvalue weighted by Gasteiger charge is -2.18. The molecule has 1 aromatic rings. The Morgan fingerprint density at radius 2 is 1.90 bits per heavy atom. The number of halogens is 3. The zero-order valence-electron chi connectivity index (χ0n) is 12.1. The van der Waals surface area contributed by atoms with E-state index in [0.29, 0.717) is 5.69 Å². The van der Waals surface area contributed by atoms with E-state index in [1.165, 1.54) is 25.3 Å². The third-order valence-electron chi connectivity index (χ3n) is 3.27. The van der Waals surface area contributed by atoms with Gasteiger partial charge in [-0.25, -0.2) is 0 Å². The molecule has 0 radical (unpaired) electrons. The molecule has 0 aromatic heterocycles. The minimum absolute atomic E-state index is 0.139. The van der Waals surface area contributed by atoms with E-state index >= 15 is 0 Å². The van der Waals surface area contributed by atoms with Crippen LogP contribution in [0.15, 0.2) is 18.2 Å². The summed E-state index contributed by atoms with van der Waals surface area (Å²) in [6.07, 6.45) is 1.34. The predicted octanol–water partition coefficient (Wildman–Crippen LogP) is 5.06. The van der Waals surface area contributed by atoms with Crippen LogP contribution in [0, 0.1) is 0 Å². The fraction of sp³-hybridized carbons (Fsp3) is 0.600. The van der Waals surface area contributed by atoms with Gasteiger partial charge in [0.15, 0.2) is 0 Å². The third-order valence-corrected chi connectivity index (χ3v) is 3.27. The zero-order valence-corrected chi connectivity index (χ0v) is 12.1. The first kappa shape index (κ1) is 16.7. The van der Waals surface area contributed by atoms with Gasteiger partial charge in [0.05, 0.1) is 16.9 Å². The second-order valence-electron chi connectivity index (χ2n) is 5.19. The van der Waals surface area contributed by atoms with Crippen molar-refractivity contribution in [2.24, 2.45) is 0 Å². The smallest absolute Gasteiger partial charge is 0.397 e. The topological polar surface area (TPSA) is 38.0 Å². The van der Waals surface area contributed by atoms with Gasteiger partial charge >= 0.3 is 6.18 Å². The highest BCUT2D eigenvalue weighted by Crippen LogP contribution is 2.33. The highest BCUT2D eigenvalue weighted by Gasteiger charge is 2.30. The Balaban J connectivity index is 2.56. The van der Waals surface area contributed by atoms with Crippen LogP contribution in [-0.2, 0) is 6.18 Å². The van der Waals surface area contributed by atoms with Gasteiger partial charge in [-0.15, -0.1) is 0 Å². The number of nitrogen functional groups attached to an aromatic ring is 1. The summed E-state index contributed by atoms with van der Waals surface area (Å²) in [5, 5.41) is 3.17. The summed E-state index contributed by atoms with van der Waals surface area (Å²) in [4.78, 5) is 0. The van der Waals surface area contributed by atoms with Gasteiger partial charge in [-0.2, -0.15) is 13.2 Å². The van der Waals surface area contributed by atoms with Crippen molar-refractivity contribution >= 4 is 11.4 Å². The van der Waals surface area contributed by atoms with E-state index in [9.17, 15) is 13.2 Å². The Labute approximate surface area is 118 Å². The summed E-state index contributed by atoms with van der Waals surface area (Å²) in [6.45, 7) is 4.17. The average Bonchev–Trinajstić information content (AvgIpc) is 2.36. The largest absolute Gasteiger partial charge is 0.416 e. The Morgan fingerprint density at radius 1 is 1.20 bits per heavy atom. The van der Waals surface area contributed by atoms with Gasteiger partial charge in [0.1, 0.15) is 0 Å². The number of hydrogen-bond acceptors (Lipinski definition) is 2. The highest BCUT2D eigenvalue weighted by atomic mass is 19.4. The maximum absolute atomic E-state index is 12.5. The molecule has 20 heavy (non-hydrogen) atoms. The second kappa shape index (κ2) is 7.41. The number of nitrogens with one attached hydrogen (secondary N) is 1. The summed E-state index contributed by atoms with van der Waals surface area (Å²) in [5.41, 5.74) is 5.68. The third kappa shape index (κ3) is 5.31. The summed E-state index contributed by atoms with van der Waals surface area (Å²) < 4.78 is 37.6. The van der Waals surface area contributed by atoms with Crippen LogP contribution in [0.2, 0.25) is 0 Å². The number of benzene rings is 1. The Kier molecular flexibility index (Phi) is 6.17. The minimum Gasteiger partial charge on any atom is -0.397 e. The molecule has 0 spiro atoms. The molecule has 2 nitrogen and oxygen atoms in total. The van der Waals surface area contributed by atoms with E-state index in [-0.39, 0.29) is 11.7 Å². The summed E-state index contributed by atoms with van der Waals surface area (Å²) in [5.74, 6) is 0. The van der Waals surface area contributed by atoms with Gasteiger partial charge in [-0.1, -0.05) is 32.6 Å². The molecule has 0 aliphatic rings. The lowest BCUT2D eigenvalue weighted by molar-refractivity contribution is -0.137. The minimum atomic E-state index is -4.35. The molecule has 0 saturated heterocycles. The van der Waals surface area contributed by atoms with Crippen LogP contribution in [0.1, 0.15) is 51.5 Å². The van der Waals surface area contributed by atoms with Crippen molar-refractivity contribution in [3.05, 3.63) is 23.8 Å². The lowest BCUT2D eigenvalue weighted by Crippen LogP contribution is -2.16. The number of unbranched alkanes of at least 4 members (excludes halogenated alkanes) is 3. The van der Waals surface area contributed by atoms with Crippen molar-refractivity contribution in [1.82, 2.24) is 0 Å². The number of anilines is 2. The SMILES string of the molecule is CCCCCCC(C)Nc1ccc(C(F)(F)F)cc1N. The van der Waals surface area contributed by atoms with E-state index in [0.717, 1.165) is 25.0 Å². The van der Waals surface area contributed by atoms with E-state index in [1.807, 2.05) is 6.92 Å². The van der Waals surface area contributed by atoms with Crippen molar-refractivity contribution in [2.45, 2.75) is 58.2 Å². The van der Waals surface area contributed by atoms with E-state index in [4.69, 9.17) is 5.73 Å². The Hall–Kier alpha value is -1.39. The maximum atomic E-state index is 12.5. The van der Waals surface area contributed by atoms with Crippen LogP contribution in [0.3, 0.4) is 0 Å². The van der Waals surface area contributed by atoms with Crippen LogP contribution >= 0.6 is 0 Å². The fourth-order valence-electron chi connectivity index (χ4n) is 2.09. The van der Waals surface area contributed by atoms with Gasteiger partial charge in [0.2, 0.25) is 0 Å². The standard InChI is InChI=1S/C15H23F3N2/c1-3-4-5-6-7-11(2)20-14-9-8-12(10-13(14)19)15(16,17)18/h8-11,20H,3-7,19H2,1-2H3. The molecule has 3 N–H and O–H groups in total. The average molecular weight is 288 g/mol. The van der Waals surface area contributed by atoms with Gasteiger partial charge in [0, 0.05) is 6.04 Å². The summed E-state index contributed by atoms with van der Waals surface area (Å²) in [6, 6.07) is 3.64. The molecule has 1 aromatic carbocycles. The molecular weight excluding hydrogens is 265 g/mol. The maximum Gasteiger partial charge on any atom is 0.416 e. The first-order valence-corrected chi connectivity index (χ1v) is 7.08. The normalized spacial score (nSPS) is 13.2. The van der Waals surface area contributed by atoms with Crippen molar-refractivity contribution in [3.8, 4) is 0 Å². The van der Waals surface area contributed by atoms with E-state index in [2.05, 4.69) is 12.2 Å². The Morgan fingerprint density at radius 3 is 2.45 bits per heavy atom.